The molecule has 4 rings (SSSR count). The van der Waals surface area contributed by atoms with Gasteiger partial charge in [-0.25, -0.2) is 0 Å². The van der Waals surface area contributed by atoms with Crippen molar-refractivity contribution in [2.75, 3.05) is 0 Å². The van der Waals surface area contributed by atoms with Crippen LogP contribution in [0.25, 0.3) is 11.1 Å². The molecule has 2 N–H and O–H groups in total. The van der Waals surface area contributed by atoms with Crippen LogP contribution in [0.4, 0.5) is 0 Å². The van der Waals surface area contributed by atoms with Gasteiger partial charge in [-0.2, -0.15) is 0 Å². The van der Waals surface area contributed by atoms with E-state index in [0.717, 1.165) is 12.0 Å². The van der Waals surface area contributed by atoms with E-state index in [1.165, 1.54) is 22.3 Å². The fourth-order valence-corrected chi connectivity index (χ4v) is 3.58. The van der Waals surface area contributed by atoms with Crippen LogP contribution >= 0.6 is 0 Å². The van der Waals surface area contributed by atoms with E-state index in [4.69, 9.17) is 5.41 Å². The molecule has 3 aromatic carbocycles. The van der Waals surface area contributed by atoms with E-state index in [1.54, 1.807) is 0 Å². The minimum atomic E-state index is 0.0954. The molecule has 0 bridgehead atoms. The van der Waals surface area contributed by atoms with Gasteiger partial charge in [-0.15, -0.1) is 0 Å². The highest BCUT2D eigenvalue weighted by atomic mass is 15.2. The number of hydrogen-bond acceptors (Lipinski definition) is 2. The first kappa shape index (κ1) is 19.1. The Morgan fingerprint density at radius 3 is 2.24 bits per heavy atom. The molecule has 2 atom stereocenters. The summed E-state index contributed by atoms with van der Waals surface area (Å²) in [4.78, 5) is 0. The summed E-state index contributed by atoms with van der Waals surface area (Å²) in [6.45, 7) is 2.02. The number of benzene rings is 3. The van der Waals surface area contributed by atoms with Gasteiger partial charge in [0, 0.05) is 0 Å². The Bertz CT molecular complexity index is 1010. The molecule has 2 nitrogen and oxygen atoms in total. The molecular weight excluding hydrogens is 352 g/mol. The summed E-state index contributed by atoms with van der Waals surface area (Å²) in [7, 11) is 0. The average molecular weight is 379 g/mol. The van der Waals surface area contributed by atoms with Crippen molar-refractivity contribution >= 4 is 5.71 Å². The van der Waals surface area contributed by atoms with Crippen molar-refractivity contribution in [3.05, 3.63) is 120 Å². The molecule has 2 heteroatoms. The summed E-state index contributed by atoms with van der Waals surface area (Å²) < 4.78 is 0. The Hall–Kier alpha value is -3.23. The lowest BCUT2D eigenvalue weighted by atomic mass is 9.98. The molecule has 1 fully saturated rings. The Morgan fingerprint density at radius 1 is 0.862 bits per heavy atom. The van der Waals surface area contributed by atoms with Gasteiger partial charge in [0.2, 0.25) is 0 Å². The molecule has 2 unspecified atom stereocenters. The molecule has 0 amide bonds. The van der Waals surface area contributed by atoms with E-state index in [2.05, 4.69) is 78.1 Å². The molecular formula is C27H26N2. The molecule has 0 aromatic heterocycles. The maximum atomic E-state index is 8.60. The maximum absolute atomic E-state index is 8.60. The van der Waals surface area contributed by atoms with Gasteiger partial charge in [0.05, 0.1) is 17.8 Å². The van der Waals surface area contributed by atoms with Crippen LogP contribution in [-0.2, 0) is 6.42 Å². The number of allylic oxidation sites excluding steroid dienone is 4. The second-order valence-electron chi connectivity index (χ2n) is 7.38. The Balaban J connectivity index is 1.38. The third kappa shape index (κ3) is 4.61. The van der Waals surface area contributed by atoms with Crippen molar-refractivity contribution < 1.29 is 0 Å². The number of nitrogens with one attached hydrogen (secondary N) is 2. The molecule has 1 heterocycles. The van der Waals surface area contributed by atoms with Crippen LogP contribution in [0.2, 0.25) is 0 Å². The zero-order valence-electron chi connectivity index (χ0n) is 16.7. The summed E-state index contributed by atoms with van der Waals surface area (Å²) in [5.74, 6) is 0. The van der Waals surface area contributed by atoms with Gasteiger partial charge in [-0.1, -0.05) is 103 Å². The lowest BCUT2D eigenvalue weighted by molar-refractivity contribution is 1.07. The van der Waals surface area contributed by atoms with E-state index in [0.29, 0.717) is 5.71 Å². The maximum Gasteiger partial charge on any atom is 0.0697 e. The van der Waals surface area contributed by atoms with Gasteiger partial charge in [0.25, 0.3) is 0 Å². The molecule has 1 aliphatic rings. The van der Waals surface area contributed by atoms with Crippen molar-refractivity contribution in [2.45, 2.75) is 25.4 Å². The van der Waals surface area contributed by atoms with Gasteiger partial charge in [-0.05, 0) is 41.2 Å². The molecule has 29 heavy (non-hydrogen) atoms. The fraction of sp³-hybridized carbons (Fsp3) is 0.148. The summed E-state index contributed by atoms with van der Waals surface area (Å²) in [6.07, 6.45) is 9.27. The van der Waals surface area contributed by atoms with Gasteiger partial charge in [0.15, 0.2) is 0 Å². The van der Waals surface area contributed by atoms with Crippen molar-refractivity contribution in [3.63, 3.8) is 0 Å². The molecule has 0 saturated carbocycles. The Kier molecular flexibility index (Phi) is 5.83. The van der Waals surface area contributed by atoms with Crippen LogP contribution in [0, 0.1) is 5.41 Å². The molecule has 144 valence electrons. The SMILES string of the molecule is C/C=C\C=C/Cc1ccc(C2NC2C(=N)c2ccc(-c3ccccc3)cc2)cc1. The second-order valence-corrected chi connectivity index (χ2v) is 7.38. The van der Waals surface area contributed by atoms with Gasteiger partial charge in [0.1, 0.15) is 0 Å². The third-order valence-electron chi connectivity index (χ3n) is 5.33. The summed E-state index contributed by atoms with van der Waals surface area (Å²) in [5, 5.41) is 12.1. The highest BCUT2D eigenvalue weighted by molar-refractivity contribution is 6.04. The van der Waals surface area contributed by atoms with Crippen molar-refractivity contribution in [1.82, 2.24) is 5.32 Å². The van der Waals surface area contributed by atoms with E-state index >= 15 is 0 Å². The van der Waals surface area contributed by atoms with Gasteiger partial charge < -0.3 is 5.41 Å². The number of hydrogen-bond donors (Lipinski definition) is 2. The zero-order chi connectivity index (χ0) is 20.1. The highest BCUT2D eigenvalue weighted by Gasteiger charge is 2.41. The van der Waals surface area contributed by atoms with E-state index in [-0.39, 0.29) is 12.1 Å². The smallest absolute Gasteiger partial charge is 0.0697 e. The van der Waals surface area contributed by atoms with E-state index in [9.17, 15) is 0 Å². The lowest BCUT2D eigenvalue weighted by Gasteiger charge is -2.06. The molecule has 0 aliphatic carbocycles. The van der Waals surface area contributed by atoms with Crippen LogP contribution in [0.5, 0.6) is 0 Å². The third-order valence-corrected chi connectivity index (χ3v) is 5.33. The van der Waals surface area contributed by atoms with Crippen LogP contribution in [0.3, 0.4) is 0 Å². The minimum Gasteiger partial charge on any atom is -0.303 e. The first-order valence-electron chi connectivity index (χ1n) is 10.1. The Labute approximate surface area is 173 Å². The summed E-state index contributed by atoms with van der Waals surface area (Å²) in [5.41, 5.74) is 6.58. The summed E-state index contributed by atoms with van der Waals surface area (Å²) in [6, 6.07) is 27.7. The van der Waals surface area contributed by atoms with E-state index < -0.39 is 0 Å². The Morgan fingerprint density at radius 2 is 1.55 bits per heavy atom. The standard InChI is InChI=1S/C27H26N2/c1-2-3-4-6-9-20-12-14-24(15-13-20)26-27(29-26)25(28)23-18-16-22(17-19-23)21-10-7-5-8-11-21/h2-8,10-19,26-29H,9H2,1H3/b3-2-,6-4-,28-25?. The second kappa shape index (κ2) is 8.85. The highest BCUT2D eigenvalue weighted by Crippen LogP contribution is 2.32. The van der Waals surface area contributed by atoms with Gasteiger partial charge >= 0.3 is 0 Å². The zero-order valence-corrected chi connectivity index (χ0v) is 16.7. The van der Waals surface area contributed by atoms with Crippen LogP contribution in [0.15, 0.2) is 103 Å². The summed E-state index contributed by atoms with van der Waals surface area (Å²) >= 11 is 0. The lowest BCUT2D eigenvalue weighted by Crippen LogP contribution is -2.10. The quantitative estimate of drug-likeness (QED) is 0.291. The fourth-order valence-electron chi connectivity index (χ4n) is 3.58. The van der Waals surface area contributed by atoms with Gasteiger partial charge in [-0.3, -0.25) is 5.32 Å². The van der Waals surface area contributed by atoms with Crippen molar-refractivity contribution in [2.24, 2.45) is 0 Å². The molecule has 3 aromatic rings. The first-order valence-corrected chi connectivity index (χ1v) is 10.1. The minimum absolute atomic E-state index is 0.0954. The topological polar surface area (TPSA) is 45.8 Å². The van der Waals surface area contributed by atoms with Crippen LogP contribution < -0.4 is 5.32 Å². The van der Waals surface area contributed by atoms with E-state index in [1.807, 2.05) is 37.3 Å². The predicted molar refractivity (Wildman–Crippen MR) is 122 cm³/mol. The molecule has 0 radical (unpaired) electrons. The first-order chi connectivity index (χ1) is 14.3. The normalized spacial score (nSPS) is 18.4. The average Bonchev–Trinajstić information content (AvgIpc) is 3.58. The van der Waals surface area contributed by atoms with Crippen LogP contribution in [-0.4, -0.2) is 11.8 Å². The molecule has 1 saturated heterocycles. The number of rotatable bonds is 7. The largest absolute Gasteiger partial charge is 0.303 e. The molecule has 1 aliphatic heterocycles. The van der Waals surface area contributed by atoms with Crippen LogP contribution in [0.1, 0.15) is 29.7 Å². The molecule has 0 spiro atoms. The van der Waals surface area contributed by atoms with Crippen molar-refractivity contribution in [3.8, 4) is 11.1 Å². The predicted octanol–water partition coefficient (Wildman–Crippen LogP) is 6.11. The monoisotopic (exact) mass is 378 g/mol. The van der Waals surface area contributed by atoms with Crippen molar-refractivity contribution in [1.29, 1.82) is 5.41 Å².